The van der Waals surface area contributed by atoms with Crippen molar-refractivity contribution in [2.45, 2.75) is 19.3 Å². The van der Waals surface area contributed by atoms with Crippen LogP contribution in [0.1, 0.15) is 17.5 Å². The Morgan fingerprint density at radius 3 is 2.53 bits per heavy atom. The highest BCUT2D eigenvalue weighted by Gasteiger charge is 2.35. The zero-order valence-corrected chi connectivity index (χ0v) is 8.81. The number of benzene rings is 1. The zero-order chi connectivity index (χ0) is 13.2. The average molecular weight is 245 g/mol. The van der Waals surface area contributed by atoms with Gasteiger partial charge >= 0.3 is 5.97 Å². The average Bonchev–Trinajstić information content (AvgIpc) is 2.14. The molecule has 0 aliphatic heterocycles. The van der Waals surface area contributed by atoms with Crippen LogP contribution in [0.25, 0.3) is 0 Å². The van der Waals surface area contributed by atoms with Crippen LogP contribution in [0.4, 0.5) is 14.5 Å². The lowest BCUT2D eigenvalue weighted by Gasteiger charge is -2.14. The number of nitro groups is 1. The summed E-state index contributed by atoms with van der Waals surface area (Å²) in [4.78, 5) is 20.1. The van der Waals surface area contributed by atoms with Crippen molar-refractivity contribution in [1.29, 1.82) is 0 Å². The molecule has 0 aromatic heterocycles. The number of hydrogen-bond acceptors (Lipinski definition) is 3. The molecule has 0 saturated carbocycles. The Hall–Kier alpha value is -2.05. The number of nitrogens with zero attached hydrogens (tertiary/aromatic N) is 1. The van der Waals surface area contributed by atoms with E-state index in [0.29, 0.717) is 0 Å². The highest BCUT2D eigenvalue weighted by Crippen LogP contribution is 2.33. The summed E-state index contributed by atoms with van der Waals surface area (Å²) in [6.07, 6.45) is -1.34. The summed E-state index contributed by atoms with van der Waals surface area (Å²) in [5, 5.41) is 18.8. The van der Waals surface area contributed by atoms with Gasteiger partial charge < -0.3 is 5.11 Å². The second-order valence-corrected chi connectivity index (χ2v) is 3.53. The van der Waals surface area contributed by atoms with Crippen LogP contribution in [0.5, 0.6) is 0 Å². The molecule has 5 nitrogen and oxygen atoms in total. The van der Waals surface area contributed by atoms with E-state index in [1.807, 2.05) is 0 Å². The molecule has 0 radical (unpaired) electrons. The minimum absolute atomic E-state index is 0.0672. The Kier molecular flexibility index (Phi) is 3.40. The molecule has 0 aliphatic rings. The van der Waals surface area contributed by atoms with E-state index in [9.17, 15) is 23.7 Å². The normalized spacial score (nSPS) is 11.2. The molecule has 0 spiro atoms. The number of carboxylic acids is 1. The third kappa shape index (κ3) is 2.96. The van der Waals surface area contributed by atoms with Gasteiger partial charge in [-0.3, -0.25) is 14.9 Å². The standard InChI is InChI=1S/C10H9F2NO4/c1-6-4-7(2-3-8(6)13(16)17)10(11,12)5-9(14)15/h2-4H,5H2,1H3,(H,14,15). The molecule has 92 valence electrons. The number of aliphatic carboxylic acids is 1. The topological polar surface area (TPSA) is 80.4 Å². The van der Waals surface area contributed by atoms with Crippen LogP contribution in [-0.4, -0.2) is 16.0 Å². The van der Waals surface area contributed by atoms with Gasteiger partial charge in [0.2, 0.25) is 0 Å². The number of rotatable bonds is 4. The lowest BCUT2D eigenvalue weighted by molar-refractivity contribution is -0.385. The molecule has 0 saturated heterocycles. The first-order valence-electron chi connectivity index (χ1n) is 4.59. The van der Waals surface area contributed by atoms with E-state index in [4.69, 9.17) is 5.11 Å². The quantitative estimate of drug-likeness (QED) is 0.652. The molecule has 1 aromatic rings. The van der Waals surface area contributed by atoms with Crippen molar-refractivity contribution in [1.82, 2.24) is 0 Å². The Bertz CT molecular complexity index is 473. The van der Waals surface area contributed by atoms with Crippen LogP contribution in [0.15, 0.2) is 18.2 Å². The summed E-state index contributed by atoms with van der Waals surface area (Å²) in [6, 6.07) is 2.75. The largest absolute Gasteiger partial charge is 0.481 e. The first kappa shape index (κ1) is 13.0. The van der Waals surface area contributed by atoms with Gasteiger partial charge in [-0.05, 0) is 19.1 Å². The van der Waals surface area contributed by atoms with Gasteiger partial charge in [-0.25, -0.2) is 8.78 Å². The fourth-order valence-electron chi connectivity index (χ4n) is 1.38. The summed E-state index contributed by atoms with van der Waals surface area (Å²) >= 11 is 0. The molecule has 17 heavy (non-hydrogen) atoms. The Morgan fingerprint density at radius 2 is 2.12 bits per heavy atom. The van der Waals surface area contributed by atoms with E-state index in [1.165, 1.54) is 6.92 Å². The molecular formula is C10H9F2NO4. The zero-order valence-electron chi connectivity index (χ0n) is 8.81. The van der Waals surface area contributed by atoms with Crippen LogP contribution in [-0.2, 0) is 10.7 Å². The van der Waals surface area contributed by atoms with Gasteiger partial charge in [0.1, 0.15) is 6.42 Å². The van der Waals surface area contributed by atoms with Gasteiger partial charge in [-0.1, -0.05) is 0 Å². The predicted molar refractivity (Wildman–Crippen MR) is 54.0 cm³/mol. The lowest BCUT2D eigenvalue weighted by atomic mass is 10.0. The van der Waals surface area contributed by atoms with E-state index in [-0.39, 0.29) is 11.3 Å². The molecule has 7 heteroatoms. The third-order valence-corrected chi connectivity index (χ3v) is 2.19. The molecule has 0 bridgehead atoms. The van der Waals surface area contributed by atoms with Crippen LogP contribution >= 0.6 is 0 Å². The van der Waals surface area contributed by atoms with Crippen molar-refractivity contribution in [2.75, 3.05) is 0 Å². The van der Waals surface area contributed by atoms with Crippen molar-refractivity contribution < 1.29 is 23.6 Å². The molecule has 0 amide bonds. The van der Waals surface area contributed by atoms with Crippen molar-refractivity contribution in [3.63, 3.8) is 0 Å². The van der Waals surface area contributed by atoms with Crippen LogP contribution in [0, 0.1) is 17.0 Å². The van der Waals surface area contributed by atoms with Gasteiger partial charge in [0.25, 0.3) is 11.6 Å². The van der Waals surface area contributed by atoms with E-state index in [1.54, 1.807) is 0 Å². The maximum atomic E-state index is 13.4. The predicted octanol–water partition coefficient (Wildman–Crippen LogP) is 2.47. The minimum atomic E-state index is -3.54. The monoisotopic (exact) mass is 245 g/mol. The molecular weight excluding hydrogens is 236 g/mol. The summed E-state index contributed by atoms with van der Waals surface area (Å²) in [5.74, 6) is -5.17. The highest BCUT2D eigenvalue weighted by molar-refractivity contribution is 5.68. The van der Waals surface area contributed by atoms with E-state index >= 15 is 0 Å². The number of carbonyl (C=O) groups is 1. The van der Waals surface area contributed by atoms with E-state index in [2.05, 4.69) is 0 Å². The highest BCUT2D eigenvalue weighted by atomic mass is 19.3. The molecule has 1 aromatic carbocycles. The maximum absolute atomic E-state index is 13.4. The number of hydrogen-bond donors (Lipinski definition) is 1. The lowest BCUT2D eigenvalue weighted by Crippen LogP contribution is -2.18. The summed E-state index contributed by atoms with van der Waals surface area (Å²) in [7, 11) is 0. The van der Waals surface area contributed by atoms with E-state index < -0.39 is 28.8 Å². The summed E-state index contributed by atoms with van der Waals surface area (Å²) < 4.78 is 26.7. The van der Waals surface area contributed by atoms with Gasteiger partial charge in [0.15, 0.2) is 0 Å². The summed E-state index contributed by atoms with van der Waals surface area (Å²) in [5.41, 5.74) is -0.750. The van der Waals surface area contributed by atoms with Crippen LogP contribution in [0.2, 0.25) is 0 Å². The first-order valence-corrected chi connectivity index (χ1v) is 4.59. The number of nitro benzene ring substituents is 1. The van der Waals surface area contributed by atoms with Crippen molar-refractivity contribution in [3.8, 4) is 0 Å². The van der Waals surface area contributed by atoms with Crippen molar-refractivity contribution in [3.05, 3.63) is 39.4 Å². The molecule has 1 N–H and O–H groups in total. The first-order chi connectivity index (χ1) is 7.74. The van der Waals surface area contributed by atoms with Crippen LogP contribution in [0.3, 0.4) is 0 Å². The molecule has 0 heterocycles. The Balaban J connectivity index is 3.13. The molecule has 0 atom stereocenters. The number of halogens is 2. The number of carboxylic acid groups (broad SMARTS) is 1. The van der Waals surface area contributed by atoms with Gasteiger partial charge in [-0.2, -0.15) is 0 Å². The number of aryl methyl sites for hydroxylation is 1. The fourth-order valence-corrected chi connectivity index (χ4v) is 1.38. The van der Waals surface area contributed by atoms with Crippen molar-refractivity contribution in [2.24, 2.45) is 0 Å². The molecule has 0 aliphatic carbocycles. The number of alkyl halides is 2. The SMILES string of the molecule is Cc1cc(C(F)(F)CC(=O)O)ccc1[N+](=O)[O-]. The third-order valence-electron chi connectivity index (χ3n) is 2.19. The molecule has 0 fully saturated rings. The minimum Gasteiger partial charge on any atom is -0.481 e. The van der Waals surface area contributed by atoms with Crippen LogP contribution < -0.4 is 0 Å². The van der Waals surface area contributed by atoms with Gasteiger partial charge in [-0.15, -0.1) is 0 Å². The van der Waals surface area contributed by atoms with E-state index in [0.717, 1.165) is 18.2 Å². The molecule has 1 rings (SSSR count). The Labute approximate surface area is 94.8 Å². The Morgan fingerprint density at radius 1 is 1.53 bits per heavy atom. The molecule has 0 unspecified atom stereocenters. The smallest absolute Gasteiger partial charge is 0.309 e. The summed E-state index contributed by atoms with van der Waals surface area (Å²) in [6.45, 7) is 1.32. The second-order valence-electron chi connectivity index (χ2n) is 3.53. The van der Waals surface area contributed by atoms with Gasteiger partial charge in [0.05, 0.1) is 4.92 Å². The van der Waals surface area contributed by atoms with Gasteiger partial charge in [0, 0.05) is 17.2 Å². The maximum Gasteiger partial charge on any atom is 0.309 e. The fraction of sp³-hybridized carbons (Fsp3) is 0.300. The van der Waals surface area contributed by atoms with Crippen molar-refractivity contribution >= 4 is 11.7 Å². The second kappa shape index (κ2) is 4.44.